The van der Waals surface area contributed by atoms with Gasteiger partial charge in [0.2, 0.25) is 0 Å². The maximum Gasteiger partial charge on any atom is 0.330 e. The summed E-state index contributed by atoms with van der Waals surface area (Å²) in [6.07, 6.45) is 2.34. The molecule has 0 unspecified atom stereocenters. The van der Waals surface area contributed by atoms with Crippen LogP contribution < -0.4 is 0 Å². The number of hydrogen-bond donors (Lipinski definition) is 0. The average Bonchev–Trinajstić information content (AvgIpc) is 2.48. The highest BCUT2D eigenvalue weighted by molar-refractivity contribution is 5.81. The summed E-state index contributed by atoms with van der Waals surface area (Å²) in [5.41, 5.74) is 0. The Morgan fingerprint density at radius 1 is 0.850 bits per heavy atom. The van der Waals surface area contributed by atoms with Crippen molar-refractivity contribution in [3.8, 4) is 0 Å². The van der Waals surface area contributed by atoms with Gasteiger partial charge in [0.25, 0.3) is 0 Å². The smallest absolute Gasteiger partial charge is 0.330 e. The van der Waals surface area contributed by atoms with Crippen molar-refractivity contribution in [3.63, 3.8) is 0 Å². The molecule has 1 fully saturated rings. The second-order valence-electron chi connectivity index (χ2n) is 4.43. The Labute approximate surface area is 119 Å². The van der Waals surface area contributed by atoms with Crippen molar-refractivity contribution in [3.05, 3.63) is 25.3 Å². The Balaban J connectivity index is 2.07. The van der Waals surface area contributed by atoms with Crippen LogP contribution in [0.25, 0.3) is 0 Å². The second-order valence-corrected chi connectivity index (χ2v) is 4.43. The standard InChI is InChI=1S/C14H22N2O4/c1-3-13(17)19-11-9-15-5-7-16(8-6-15)10-12-20-14(18)4-2/h3-4H,1-2,5-12H2. The molecule has 1 aliphatic heterocycles. The van der Waals surface area contributed by atoms with Crippen molar-refractivity contribution < 1.29 is 19.1 Å². The molecule has 1 rings (SSSR count). The SMILES string of the molecule is C=CC(=O)OCCN1CCN(CCOC(=O)C=C)CC1. The van der Waals surface area contributed by atoms with Crippen LogP contribution >= 0.6 is 0 Å². The first-order chi connectivity index (χ1) is 9.65. The third-order valence-corrected chi connectivity index (χ3v) is 3.10. The molecule has 1 saturated heterocycles. The van der Waals surface area contributed by atoms with Gasteiger partial charge in [-0.25, -0.2) is 9.59 Å². The van der Waals surface area contributed by atoms with Crippen LogP contribution in [0.2, 0.25) is 0 Å². The number of piperazine rings is 1. The summed E-state index contributed by atoms with van der Waals surface area (Å²) in [5, 5.41) is 0. The van der Waals surface area contributed by atoms with Gasteiger partial charge in [-0.15, -0.1) is 0 Å². The van der Waals surface area contributed by atoms with E-state index in [-0.39, 0.29) is 11.9 Å². The largest absolute Gasteiger partial charge is 0.461 e. The third kappa shape index (κ3) is 6.49. The molecule has 0 atom stereocenters. The fourth-order valence-corrected chi connectivity index (χ4v) is 1.91. The number of ether oxygens (including phenoxy) is 2. The van der Waals surface area contributed by atoms with Gasteiger partial charge in [0, 0.05) is 51.4 Å². The van der Waals surface area contributed by atoms with E-state index < -0.39 is 0 Å². The number of hydrogen-bond acceptors (Lipinski definition) is 6. The average molecular weight is 282 g/mol. The van der Waals surface area contributed by atoms with Crippen molar-refractivity contribution in [2.24, 2.45) is 0 Å². The zero-order valence-electron chi connectivity index (χ0n) is 11.8. The van der Waals surface area contributed by atoms with Crippen molar-refractivity contribution in [1.82, 2.24) is 9.80 Å². The first kappa shape index (κ1) is 16.4. The van der Waals surface area contributed by atoms with E-state index in [9.17, 15) is 9.59 Å². The minimum atomic E-state index is -0.382. The lowest BCUT2D eigenvalue weighted by atomic mass is 10.3. The van der Waals surface area contributed by atoms with Gasteiger partial charge in [0.15, 0.2) is 0 Å². The summed E-state index contributed by atoms with van der Waals surface area (Å²) in [5.74, 6) is -0.764. The molecular weight excluding hydrogens is 260 g/mol. The monoisotopic (exact) mass is 282 g/mol. The molecule has 0 aromatic heterocycles. The quantitative estimate of drug-likeness (QED) is 0.463. The van der Waals surface area contributed by atoms with Gasteiger partial charge in [-0.3, -0.25) is 9.80 Å². The van der Waals surface area contributed by atoms with Crippen molar-refractivity contribution in [1.29, 1.82) is 0 Å². The Kier molecular flexibility index (Phi) is 7.60. The maximum atomic E-state index is 10.9. The maximum absolute atomic E-state index is 10.9. The molecule has 0 saturated carbocycles. The summed E-state index contributed by atoms with van der Waals surface area (Å²) >= 11 is 0. The highest BCUT2D eigenvalue weighted by Crippen LogP contribution is 2.01. The highest BCUT2D eigenvalue weighted by atomic mass is 16.5. The summed E-state index contributed by atoms with van der Waals surface area (Å²) in [7, 11) is 0. The van der Waals surface area contributed by atoms with Gasteiger partial charge >= 0.3 is 11.9 Å². The van der Waals surface area contributed by atoms with E-state index in [1.54, 1.807) is 0 Å². The summed E-state index contributed by atoms with van der Waals surface area (Å²) < 4.78 is 9.89. The van der Waals surface area contributed by atoms with Crippen LogP contribution in [0.1, 0.15) is 0 Å². The van der Waals surface area contributed by atoms with Crippen molar-refractivity contribution in [2.75, 3.05) is 52.5 Å². The topological polar surface area (TPSA) is 59.1 Å². The Morgan fingerprint density at radius 3 is 1.50 bits per heavy atom. The molecule has 0 aromatic rings. The zero-order chi connectivity index (χ0) is 14.8. The molecule has 20 heavy (non-hydrogen) atoms. The van der Waals surface area contributed by atoms with Crippen LogP contribution in [0.4, 0.5) is 0 Å². The van der Waals surface area contributed by atoms with Gasteiger partial charge < -0.3 is 9.47 Å². The van der Waals surface area contributed by atoms with Crippen LogP contribution in [-0.2, 0) is 19.1 Å². The third-order valence-electron chi connectivity index (χ3n) is 3.10. The molecule has 0 aromatic carbocycles. The zero-order valence-corrected chi connectivity index (χ0v) is 11.8. The molecule has 6 heteroatoms. The van der Waals surface area contributed by atoms with Crippen LogP contribution in [-0.4, -0.2) is 74.2 Å². The van der Waals surface area contributed by atoms with Crippen LogP contribution in [0.5, 0.6) is 0 Å². The molecule has 1 aliphatic rings. The molecule has 1 heterocycles. The van der Waals surface area contributed by atoms with E-state index in [1.807, 2.05) is 0 Å². The van der Waals surface area contributed by atoms with Gasteiger partial charge in [-0.05, 0) is 0 Å². The molecule has 0 N–H and O–H groups in total. The van der Waals surface area contributed by atoms with Crippen LogP contribution in [0.3, 0.4) is 0 Å². The molecule has 0 bridgehead atoms. The van der Waals surface area contributed by atoms with Crippen molar-refractivity contribution >= 4 is 11.9 Å². The predicted octanol–water partition coefficient (Wildman–Crippen LogP) is 0.0624. The first-order valence-corrected chi connectivity index (χ1v) is 6.69. The minimum absolute atomic E-state index is 0.382. The van der Waals surface area contributed by atoms with Gasteiger partial charge in [0.05, 0.1) is 0 Å². The highest BCUT2D eigenvalue weighted by Gasteiger charge is 2.16. The number of carbonyl (C=O) groups excluding carboxylic acids is 2. The van der Waals surface area contributed by atoms with Gasteiger partial charge in [-0.1, -0.05) is 13.2 Å². The number of nitrogens with zero attached hydrogens (tertiary/aromatic N) is 2. The molecular formula is C14H22N2O4. The van der Waals surface area contributed by atoms with Crippen molar-refractivity contribution in [2.45, 2.75) is 0 Å². The molecule has 6 nitrogen and oxygen atoms in total. The summed E-state index contributed by atoms with van der Waals surface area (Å²) in [6, 6.07) is 0. The summed E-state index contributed by atoms with van der Waals surface area (Å²) in [6.45, 7) is 12.6. The number of esters is 2. The van der Waals surface area contributed by atoms with E-state index in [2.05, 4.69) is 23.0 Å². The van der Waals surface area contributed by atoms with E-state index in [1.165, 1.54) is 12.2 Å². The molecule has 0 amide bonds. The molecule has 0 spiro atoms. The van der Waals surface area contributed by atoms with E-state index in [4.69, 9.17) is 9.47 Å². The number of carbonyl (C=O) groups is 2. The lowest BCUT2D eigenvalue weighted by Crippen LogP contribution is -2.48. The summed E-state index contributed by atoms with van der Waals surface area (Å²) in [4.78, 5) is 26.3. The second kappa shape index (κ2) is 9.28. The Hall–Kier alpha value is -1.66. The Morgan fingerprint density at radius 2 is 1.20 bits per heavy atom. The van der Waals surface area contributed by atoms with Crippen LogP contribution in [0, 0.1) is 0 Å². The molecule has 0 radical (unpaired) electrons. The Bertz CT molecular complexity index is 315. The van der Waals surface area contributed by atoms with Gasteiger partial charge in [0.1, 0.15) is 13.2 Å². The van der Waals surface area contributed by atoms with E-state index in [0.717, 1.165) is 39.3 Å². The van der Waals surface area contributed by atoms with Crippen LogP contribution in [0.15, 0.2) is 25.3 Å². The van der Waals surface area contributed by atoms with E-state index >= 15 is 0 Å². The fraction of sp³-hybridized carbons (Fsp3) is 0.571. The predicted molar refractivity (Wildman–Crippen MR) is 75.2 cm³/mol. The lowest BCUT2D eigenvalue weighted by molar-refractivity contribution is -0.139. The molecule has 112 valence electrons. The van der Waals surface area contributed by atoms with E-state index in [0.29, 0.717) is 13.2 Å². The molecule has 0 aliphatic carbocycles. The van der Waals surface area contributed by atoms with Gasteiger partial charge in [-0.2, -0.15) is 0 Å². The minimum Gasteiger partial charge on any atom is -0.461 e. The normalized spacial score (nSPS) is 16.4. The first-order valence-electron chi connectivity index (χ1n) is 6.69. The number of rotatable bonds is 8. The lowest BCUT2D eigenvalue weighted by Gasteiger charge is -2.34. The fourth-order valence-electron chi connectivity index (χ4n) is 1.91.